The molecule has 0 bridgehead atoms. The third-order valence-electron chi connectivity index (χ3n) is 25.2. The van der Waals surface area contributed by atoms with Gasteiger partial charge in [0.1, 0.15) is 140 Å². The molecule has 0 aromatic rings. The quantitative estimate of drug-likeness (QED) is 0.0423. The van der Waals surface area contributed by atoms with E-state index in [-0.39, 0.29) is 41.9 Å². The van der Waals surface area contributed by atoms with Crippen molar-refractivity contribution in [1.82, 2.24) is 0 Å². The summed E-state index contributed by atoms with van der Waals surface area (Å²) in [6, 6.07) is 0. The van der Waals surface area contributed by atoms with Crippen molar-refractivity contribution in [2.24, 2.45) is 45.3 Å². The highest BCUT2D eigenvalue weighted by molar-refractivity contribution is 5.32. The molecule has 21 N–H and O–H groups in total. The average molecular weight is 1450 g/mol. The summed E-state index contributed by atoms with van der Waals surface area (Å²) in [6.45, 7) is 14.0. The lowest BCUT2D eigenvalue weighted by Crippen LogP contribution is -2.66. The summed E-state index contributed by atoms with van der Waals surface area (Å²) in [5.41, 5.74) is -2.81. The van der Waals surface area contributed by atoms with Gasteiger partial charge in [0.05, 0.1) is 63.1 Å². The molecule has 6 aliphatic heterocycles. The van der Waals surface area contributed by atoms with Crippen molar-refractivity contribution in [2.75, 3.05) is 33.0 Å². The Labute approximate surface area is 580 Å². The Hall–Kier alpha value is -1.58. The maximum atomic E-state index is 13.0. The second-order valence-corrected chi connectivity index (χ2v) is 31.8. The first-order chi connectivity index (χ1) is 46.9. The van der Waals surface area contributed by atoms with Gasteiger partial charge in [-0.2, -0.15) is 0 Å². The summed E-state index contributed by atoms with van der Waals surface area (Å²) < 4.78 is 72.2. The van der Waals surface area contributed by atoms with Gasteiger partial charge in [0.2, 0.25) is 0 Å². The second-order valence-electron chi connectivity index (χ2n) is 31.8. The molecule has 100 heavy (non-hydrogen) atoms. The molecule has 6 heterocycles. The molecule has 33 heteroatoms. The largest absolute Gasteiger partial charge is 0.394 e. The minimum atomic E-state index is -1.98. The molecule has 3 saturated carbocycles. The fourth-order valence-electron chi connectivity index (χ4n) is 18.7. The van der Waals surface area contributed by atoms with Crippen molar-refractivity contribution >= 4 is 0 Å². The molecule has 0 amide bonds. The van der Waals surface area contributed by atoms with E-state index in [1.165, 1.54) is 13.8 Å². The highest BCUT2D eigenvalue weighted by Crippen LogP contribution is 2.75. The van der Waals surface area contributed by atoms with Crippen LogP contribution in [0.3, 0.4) is 0 Å². The highest BCUT2D eigenvalue weighted by Gasteiger charge is 2.71. The van der Waals surface area contributed by atoms with Crippen LogP contribution in [-0.4, -0.2) is 348 Å². The standard InChI is InChI=1S/C67H114O33/c1-10-29-39(72)45(78)53(86)59(91-29)99-56-50(83)44(77)34(24-90-58-52(85)47(80)41(74)31(21-69)93-58)96-62(56)98-38(64(5,6)88)15-11-25(2)26-17-18-65(7)35-14-12-27-28(67(35,9)36(71)19-66(26,65)8)13-16-37(63(27,3)4)97-61-55(49(82)42(75)32(22-70)94-61)100-60-54(87)48(81)43(76)33(95-60)23-89-57-51(84)46(79)40(73)30(20-68)92-57/h12,25-26,28-62,68-88H,10-11,13-24H2,1-9H3/t25-,26?,28?,29+,30-,31-,32-,33+,34-,35?,36-,37+,38-,39+,40-,41-,42-,43+,44-,45-,46+,47+,48-,49+,50+,51-,52-,53+,54+,55-,56-,57-,58-,59-,60-,61+,62+,65+,66-,67+/m1/s1. The summed E-state index contributed by atoms with van der Waals surface area (Å²) >= 11 is 0. The van der Waals surface area contributed by atoms with Gasteiger partial charge in [-0.15, -0.1) is 0 Å². The van der Waals surface area contributed by atoms with Gasteiger partial charge in [0.15, 0.2) is 37.7 Å². The third-order valence-corrected chi connectivity index (χ3v) is 25.2. The minimum Gasteiger partial charge on any atom is -0.394 e. The van der Waals surface area contributed by atoms with E-state index >= 15 is 0 Å². The molecule has 9 fully saturated rings. The molecule has 4 aliphatic carbocycles. The zero-order chi connectivity index (χ0) is 73.5. The van der Waals surface area contributed by atoms with E-state index in [0.29, 0.717) is 32.1 Å². The topological polar surface area (TPSA) is 536 Å². The number of fused-ring (bicyclic) bond motifs is 5. The minimum absolute atomic E-state index is 0.0208. The van der Waals surface area contributed by atoms with Crippen LogP contribution in [0.1, 0.15) is 120 Å². The molecule has 40 atom stereocenters. The number of aliphatic hydroxyl groups is 21. The third kappa shape index (κ3) is 14.8. The smallest absolute Gasteiger partial charge is 0.187 e. The first kappa shape index (κ1) is 80.9. The van der Waals surface area contributed by atoms with Crippen molar-refractivity contribution in [1.29, 1.82) is 0 Å². The molecular formula is C67H114O33. The number of aliphatic hydroxyl groups excluding tert-OH is 20. The van der Waals surface area contributed by atoms with Crippen LogP contribution >= 0.6 is 0 Å². The van der Waals surface area contributed by atoms with E-state index in [4.69, 9.17) is 56.8 Å². The zero-order valence-corrected chi connectivity index (χ0v) is 58.1. The highest BCUT2D eigenvalue weighted by atomic mass is 16.8. The number of hydrogen-bond donors (Lipinski definition) is 21. The van der Waals surface area contributed by atoms with Crippen LogP contribution in [0.15, 0.2) is 11.6 Å². The summed E-state index contributed by atoms with van der Waals surface area (Å²) in [6.07, 6.45) is -46.5. The van der Waals surface area contributed by atoms with E-state index < -0.39 is 257 Å². The number of ether oxygens (including phenoxy) is 12. The van der Waals surface area contributed by atoms with Gasteiger partial charge in [0, 0.05) is 10.8 Å². The summed E-state index contributed by atoms with van der Waals surface area (Å²) in [5.74, 6) is -0.188. The Morgan fingerprint density at radius 3 is 1.39 bits per heavy atom. The van der Waals surface area contributed by atoms with Crippen molar-refractivity contribution < 1.29 is 164 Å². The molecule has 0 aromatic heterocycles. The van der Waals surface area contributed by atoms with Gasteiger partial charge >= 0.3 is 0 Å². The van der Waals surface area contributed by atoms with Gasteiger partial charge in [-0.1, -0.05) is 60.1 Å². The molecule has 6 saturated heterocycles. The summed E-state index contributed by atoms with van der Waals surface area (Å²) in [7, 11) is 0. The predicted molar refractivity (Wildman–Crippen MR) is 336 cm³/mol. The zero-order valence-electron chi connectivity index (χ0n) is 58.1. The van der Waals surface area contributed by atoms with Crippen molar-refractivity contribution in [3.8, 4) is 0 Å². The van der Waals surface area contributed by atoms with E-state index in [2.05, 4.69) is 33.8 Å². The van der Waals surface area contributed by atoms with Gasteiger partial charge < -0.3 is 164 Å². The Morgan fingerprint density at radius 2 is 0.900 bits per heavy atom. The van der Waals surface area contributed by atoms with Crippen LogP contribution in [0.4, 0.5) is 0 Å². The molecule has 580 valence electrons. The van der Waals surface area contributed by atoms with E-state index in [0.717, 1.165) is 18.4 Å². The van der Waals surface area contributed by atoms with Crippen LogP contribution in [0.25, 0.3) is 0 Å². The lowest BCUT2D eigenvalue weighted by atomic mass is 9.38. The fraction of sp³-hybridized carbons (Fsp3) is 0.970. The number of allylic oxidation sites excluding steroid dienone is 1. The Bertz CT molecular complexity index is 2670. The monoisotopic (exact) mass is 1450 g/mol. The summed E-state index contributed by atoms with van der Waals surface area (Å²) in [4.78, 5) is 0. The van der Waals surface area contributed by atoms with Gasteiger partial charge in [0.25, 0.3) is 0 Å². The van der Waals surface area contributed by atoms with Gasteiger partial charge in [-0.05, 0) is 106 Å². The van der Waals surface area contributed by atoms with Crippen LogP contribution in [-0.2, 0) is 56.8 Å². The molecule has 33 nitrogen and oxygen atoms in total. The Balaban J connectivity index is 0.828. The van der Waals surface area contributed by atoms with E-state index in [1.54, 1.807) is 6.92 Å². The van der Waals surface area contributed by atoms with Crippen LogP contribution < -0.4 is 0 Å². The Kier molecular flexibility index (Phi) is 25.5. The molecule has 0 aromatic carbocycles. The lowest BCUT2D eigenvalue weighted by molar-refractivity contribution is -0.379. The molecular weight excluding hydrogens is 1330 g/mol. The fourth-order valence-corrected chi connectivity index (χ4v) is 18.7. The van der Waals surface area contributed by atoms with Crippen molar-refractivity contribution in [3.63, 3.8) is 0 Å². The lowest BCUT2D eigenvalue weighted by Gasteiger charge is -2.67. The van der Waals surface area contributed by atoms with Crippen LogP contribution in [0.2, 0.25) is 0 Å². The van der Waals surface area contributed by atoms with Crippen LogP contribution in [0, 0.1) is 45.3 Å². The normalized spacial score (nSPS) is 52.1. The first-order valence-electron chi connectivity index (χ1n) is 35.5. The number of hydrogen-bond acceptors (Lipinski definition) is 33. The van der Waals surface area contributed by atoms with Crippen molar-refractivity contribution in [3.05, 3.63) is 11.6 Å². The summed E-state index contributed by atoms with van der Waals surface area (Å²) in [5, 5.41) is 230. The molecule has 0 radical (unpaired) electrons. The van der Waals surface area contributed by atoms with Gasteiger partial charge in [-0.25, -0.2) is 0 Å². The molecule has 10 aliphatic rings. The average Bonchev–Trinajstić information content (AvgIpc) is 1.33. The Morgan fingerprint density at radius 1 is 0.480 bits per heavy atom. The maximum absolute atomic E-state index is 13.0. The SMILES string of the molecule is CC[C@@H]1O[C@H](O[C@H]2[C@H](O[C@H](CC[C@@H](C)C3CC[C@@]4(C)C5CC=C6C(CC[C@H](O[C@@H]7O[C@H](CO)[C@@H](O)[C@H](O)[C@H]7O[C@H]7O[C@@H](CO[C@@H]8O[C@H](CO)[C@@H](O)[C@H](O)[C@H]8O)[C@H](O)[C@@H](O)[C@@H]7O)C6(C)C)[C@]5(C)[C@H](O)C[C@]34C)C(C)(C)O)O[C@H](CO[C@@H]3O[C@H](CO)[C@@H](O)[C@H](O)[C@H]3O)[C@@H](O)[C@@H]2O)[C@@H](O)[C@H](O)[C@H]1O. The van der Waals surface area contributed by atoms with E-state index in [9.17, 15) is 107 Å². The number of rotatable bonds is 23. The van der Waals surface area contributed by atoms with Crippen molar-refractivity contribution in [2.45, 2.75) is 328 Å². The molecule has 0 spiro atoms. The van der Waals surface area contributed by atoms with Gasteiger partial charge in [-0.3, -0.25) is 0 Å². The maximum Gasteiger partial charge on any atom is 0.187 e. The molecule has 3 unspecified atom stereocenters. The van der Waals surface area contributed by atoms with E-state index in [1.807, 2.05) is 13.8 Å². The van der Waals surface area contributed by atoms with Crippen LogP contribution in [0.5, 0.6) is 0 Å². The first-order valence-corrected chi connectivity index (χ1v) is 35.5. The second kappa shape index (κ2) is 31.6. The molecule has 10 rings (SSSR count). The predicted octanol–water partition coefficient (Wildman–Crippen LogP) is -6.17.